The van der Waals surface area contributed by atoms with Gasteiger partial charge in [-0.3, -0.25) is 4.40 Å². The van der Waals surface area contributed by atoms with Gasteiger partial charge in [-0.05, 0) is 37.3 Å². The van der Waals surface area contributed by atoms with Crippen molar-refractivity contribution < 1.29 is 8.78 Å². The fourth-order valence-corrected chi connectivity index (χ4v) is 3.97. The zero-order valence-corrected chi connectivity index (χ0v) is 15.6. The Morgan fingerprint density at radius 2 is 1.83 bits per heavy atom. The Labute approximate surface area is 165 Å². The Kier molecular flexibility index (Phi) is 4.22. The van der Waals surface area contributed by atoms with E-state index < -0.39 is 11.6 Å². The Morgan fingerprint density at radius 3 is 2.59 bits per heavy atom. The van der Waals surface area contributed by atoms with Crippen LogP contribution in [0.3, 0.4) is 0 Å². The van der Waals surface area contributed by atoms with Gasteiger partial charge in [0, 0.05) is 24.7 Å². The highest BCUT2D eigenvalue weighted by Crippen LogP contribution is 2.26. The molecule has 1 aromatic carbocycles. The quantitative estimate of drug-likeness (QED) is 0.574. The Balaban J connectivity index is 1.35. The number of hydrogen-bond acceptors (Lipinski definition) is 6. The smallest absolute Gasteiger partial charge is 0.225 e. The van der Waals surface area contributed by atoms with E-state index in [9.17, 15) is 8.78 Å². The number of fused-ring (bicyclic) bond motifs is 3. The van der Waals surface area contributed by atoms with Crippen LogP contribution in [0.4, 0.5) is 20.7 Å². The summed E-state index contributed by atoms with van der Waals surface area (Å²) < 4.78 is 28.8. The number of para-hydroxylation sites is 1. The van der Waals surface area contributed by atoms with Gasteiger partial charge in [-0.15, -0.1) is 0 Å². The fourth-order valence-electron chi connectivity index (χ4n) is 3.97. The first-order chi connectivity index (χ1) is 14.1. The molecule has 2 N–H and O–H groups in total. The lowest BCUT2D eigenvalue weighted by Gasteiger charge is -2.31. The molecule has 0 saturated carbocycles. The molecule has 7 nitrogen and oxygen atoms in total. The van der Waals surface area contributed by atoms with E-state index in [-0.39, 0.29) is 11.5 Å². The Morgan fingerprint density at radius 1 is 1.07 bits per heavy atom. The minimum atomic E-state index is -0.434. The standard InChI is InChI=1S/C20H19F2N7/c21-13-9-24-20(25-10-13)28-6-4-12(5-7-28)8-14-11-29-18(26-14)15-2-1-3-16(22)17(15)27-19(29)23/h1-3,9-12H,4-8H2,(H2,23,27). The molecule has 1 aliphatic rings. The minimum absolute atomic E-state index is 0.222. The third-order valence-corrected chi connectivity index (χ3v) is 5.46. The van der Waals surface area contributed by atoms with Crippen molar-refractivity contribution >= 4 is 28.4 Å². The monoisotopic (exact) mass is 395 g/mol. The van der Waals surface area contributed by atoms with E-state index in [4.69, 9.17) is 10.7 Å². The summed E-state index contributed by atoms with van der Waals surface area (Å²) in [6.45, 7) is 1.61. The molecule has 148 valence electrons. The summed E-state index contributed by atoms with van der Waals surface area (Å²) in [5, 5.41) is 0.647. The maximum Gasteiger partial charge on any atom is 0.225 e. The molecule has 0 spiro atoms. The van der Waals surface area contributed by atoms with E-state index in [1.54, 1.807) is 16.5 Å². The number of imidazole rings is 1. The molecule has 9 heteroatoms. The average molecular weight is 395 g/mol. The molecule has 1 aliphatic heterocycles. The summed E-state index contributed by atoms with van der Waals surface area (Å²) in [5.74, 6) is 0.395. The molecule has 0 aliphatic carbocycles. The maximum absolute atomic E-state index is 14.1. The van der Waals surface area contributed by atoms with Gasteiger partial charge in [0.15, 0.2) is 5.82 Å². The molecular weight excluding hydrogens is 376 g/mol. The second-order valence-electron chi connectivity index (χ2n) is 7.37. The highest BCUT2D eigenvalue weighted by atomic mass is 19.1. The summed E-state index contributed by atoms with van der Waals surface area (Å²) in [7, 11) is 0. The molecule has 0 bridgehead atoms. The molecule has 29 heavy (non-hydrogen) atoms. The topological polar surface area (TPSA) is 85.2 Å². The van der Waals surface area contributed by atoms with E-state index in [2.05, 4.69) is 19.9 Å². The number of halogens is 2. The van der Waals surface area contributed by atoms with Crippen molar-refractivity contribution in [3.63, 3.8) is 0 Å². The first-order valence-corrected chi connectivity index (χ1v) is 9.52. The highest BCUT2D eigenvalue weighted by molar-refractivity contribution is 5.92. The van der Waals surface area contributed by atoms with Crippen LogP contribution in [0.15, 0.2) is 36.8 Å². The normalized spacial score (nSPS) is 15.4. The van der Waals surface area contributed by atoms with Gasteiger partial charge in [0.25, 0.3) is 0 Å². The van der Waals surface area contributed by atoms with Crippen LogP contribution in [0, 0.1) is 17.6 Å². The number of aromatic nitrogens is 5. The lowest BCUT2D eigenvalue weighted by Crippen LogP contribution is -2.35. The van der Waals surface area contributed by atoms with E-state index in [1.165, 1.54) is 18.5 Å². The first kappa shape index (κ1) is 17.7. The predicted molar refractivity (Wildman–Crippen MR) is 105 cm³/mol. The van der Waals surface area contributed by atoms with Crippen molar-refractivity contribution in [3.05, 3.63) is 54.1 Å². The number of nitrogens with two attached hydrogens (primary N) is 1. The molecule has 5 rings (SSSR count). The van der Waals surface area contributed by atoms with Crippen LogP contribution in [0.25, 0.3) is 16.6 Å². The van der Waals surface area contributed by atoms with E-state index >= 15 is 0 Å². The third-order valence-electron chi connectivity index (χ3n) is 5.46. The molecule has 1 fully saturated rings. The van der Waals surface area contributed by atoms with Crippen molar-refractivity contribution in [3.8, 4) is 0 Å². The molecule has 1 saturated heterocycles. The average Bonchev–Trinajstić information content (AvgIpc) is 3.15. The Hall–Kier alpha value is -3.36. The van der Waals surface area contributed by atoms with Crippen LogP contribution in [0.1, 0.15) is 18.5 Å². The molecule has 4 aromatic rings. The van der Waals surface area contributed by atoms with E-state index in [1.807, 2.05) is 6.20 Å². The van der Waals surface area contributed by atoms with Crippen LogP contribution in [0.5, 0.6) is 0 Å². The summed E-state index contributed by atoms with van der Waals surface area (Å²) in [6, 6.07) is 4.82. The number of piperidine rings is 1. The first-order valence-electron chi connectivity index (χ1n) is 9.52. The largest absolute Gasteiger partial charge is 0.369 e. The van der Waals surface area contributed by atoms with Crippen LogP contribution < -0.4 is 10.6 Å². The van der Waals surface area contributed by atoms with Crippen LogP contribution in [-0.2, 0) is 6.42 Å². The molecule has 0 radical (unpaired) electrons. The molecular formula is C20H19F2N7. The van der Waals surface area contributed by atoms with Gasteiger partial charge in [-0.25, -0.2) is 28.7 Å². The van der Waals surface area contributed by atoms with Crippen molar-refractivity contribution in [1.29, 1.82) is 0 Å². The fraction of sp³-hybridized carbons (Fsp3) is 0.300. The number of benzene rings is 1. The van der Waals surface area contributed by atoms with Crippen molar-refractivity contribution in [2.75, 3.05) is 23.7 Å². The van der Waals surface area contributed by atoms with Gasteiger partial charge in [0.05, 0.1) is 18.1 Å². The van der Waals surface area contributed by atoms with Gasteiger partial charge >= 0.3 is 0 Å². The molecule has 0 amide bonds. The zero-order chi connectivity index (χ0) is 20.0. The number of nitrogens with zero attached hydrogens (tertiary/aromatic N) is 6. The van der Waals surface area contributed by atoms with E-state index in [0.717, 1.165) is 38.0 Å². The SMILES string of the molecule is Nc1nc2c(F)cccc2c2nc(CC3CCN(c4ncc(F)cn4)CC3)cn12. The Bertz CT molecular complexity index is 1180. The second-order valence-corrected chi connectivity index (χ2v) is 7.37. The maximum atomic E-state index is 14.1. The van der Waals surface area contributed by atoms with Crippen LogP contribution in [0.2, 0.25) is 0 Å². The lowest BCUT2D eigenvalue weighted by molar-refractivity contribution is 0.397. The predicted octanol–water partition coefficient (Wildman–Crippen LogP) is 2.99. The summed E-state index contributed by atoms with van der Waals surface area (Å²) in [6.07, 6.45) is 6.98. The van der Waals surface area contributed by atoms with Gasteiger partial charge in [-0.2, -0.15) is 0 Å². The number of nitrogen functional groups attached to an aromatic ring is 1. The zero-order valence-electron chi connectivity index (χ0n) is 15.6. The molecule has 4 heterocycles. The van der Waals surface area contributed by atoms with Crippen LogP contribution in [-0.4, -0.2) is 37.4 Å². The van der Waals surface area contributed by atoms with E-state index in [0.29, 0.717) is 22.9 Å². The minimum Gasteiger partial charge on any atom is -0.369 e. The third kappa shape index (κ3) is 3.22. The number of anilines is 2. The van der Waals surface area contributed by atoms with Crippen molar-refractivity contribution in [1.82, 2.24) is 24.3 Å². The second kappa shape index (κ2) is 6.91. The van der Waals surface area contributed by atoms with Crippen molar-refractivity contribution in [2.45, 2.75) is 19.3 Å². The molecule has 3 aromatic heterocycles. The van der Waals surface area contributed by atoms with Gasteiger partial charge in [0.2, 0.25) is 11.9 Å². The molecule has 0 unspecified atom stereocenters. The van der Waals surface area contributed by atoms with Gasteiger partial charge in [-0.1, -0.05) is 6.07 Å². The van der Waals surface area contributed by atoms with Gasteiger partial charge in [0.1, 0.15) is 17.0 Å². The van der Waals surface area contributed by atoms with Crippen LogP contribution >= 0.6 is 0 Å². The van der Waals surface area contributed by atoms with Crippen molar-refractivity contribution in [2.24, 2.45) is 5.92 Å². The number of rotatable bonds is 3. The number of hydrogen-bond donors (Lipinski definition) is 1. The highest BCUT2D eigenvalue weighted by Gasteiger charge is 2.22. The summed E-state index contributed by atoms with van der Waals surface area (Å²) >= 11 is 0. The summed E-state index contributed by atoms with van der Waals surface area (Å²) in [4.78, 5) is 19.1. The summed E-state index contributed by atoms with van der Waals surface area (Å²) in [5.41, 5.74) is 7.80. The lowest BCUT2D eigenvalue weighted by atomic mass is 9.92. The van der Waals surface area contributed by atoms with Gasteiger partial charge < -0.3 is 10.6 Å². The molecule has 0 atom stereocenters.